The van der Waals surface area contributed by atoms with Crippen LogP contribution in [0, 0.1) is 0 Å². The molecule has 0 N–H and O–H groups in total. The average Bonchev–Trinajstić information content (AvgIpc) is 2.75. The van der Waals surface area contributed by atoms with E-state index < -0.39 is 35.3 Å². The molecule has 2 aromatic carbocycles. The van der Waals surface area contributed by atoms with Gasteiger partial charge in [-0.25, -0.2) is 21.6 Å². The molecule has 32 heavy (non-hydrogen) atoms. The average molecular weight is 481 g/mol. The monoisotopic (exact) mass is 480 g/mol. The van der Waals surface area contributed by atoms with Crippen molar-refractivity contribution in [2.24, 2.45) is 0 Å². The molecule has 9 nitrogen and oxygen atoms in total. The normalized spacial score (nSPS) is 12.2. The first kappa shape index (κ1) is 23.4. The Bertz CT molecular complexity index is 1430. The Hall–Kier alpha value is -3.31. The summed E-state index contributed by atoms with van der Waals surface area (Å²) >= 11 is 0. The van der Waals surface area contributed by atoms with E-state index in [1.54, 1.807) is 24.3 Å². The van der Waals surface area contributed by atoms with Crippen LogP contribution in [0.5, 0.6) is 17.2 Å². The fourth-order valence-corrected chi connectivity index (χ4v) is 6.37. The van der Waals surface area contributed by atoms with Gasteiger partial charge in [0.15, 0.2) is 29.7 Å². The highest BCUT2D eigenvalue weighted by molar-refractivity contribution is 8.09. The molecule has 1 heterocycles. The van der Waals surface area contributed by atoms with Gasteiger partial charge in [-0.1, -0.05) is 12.1 Å². The number of methoxy groups -OCH3 is 3. The van der Waals surface area contributed by atoms with Crippen LogP contribution in [-0.4, -0.2) is 43.2 Å². The lowest BCUT2D eigenvalue weighted by Gasteiger charge is -2.09. The molecular weight excluding hydrogens is 460 g/mol. The van der Waals surface area contributed by atoms with Crippen molar-refractivity contribution in [1.82, 2.24) is 0 Å². The Labute approximate surface area is 184 Å². The Morgan fingerprint density at radius 3 is 2.12 bits per heavy atom. The predicted octanol–water partition coefficient (Wildman–Crippen LogP) is 2.64. The fourth-order valence-electron chi connectivity index (χ4n) is 2.86. The summed E-state index contributed by atoms with van der Waals surface area (Å²) in [5, 5.41) is -0.348. The van der Waals surface area contributed by atoms with Crippen LogP contribution in [0.1, 0.15) is 5.56 Å². The molecule has 0 bridgehead atoms. The molecule has 170 valence electrons. The van der Waals surface area contributed by atoms with Gasteiger partial charge in [0.25, 0.3) is 0 Å². The third-order valence-corrected chi connectivity index (χ3v) is 8.51. The van der Waals surface area contributed by atoms with Crippen LogP contribution in [0.15, 0.2) is 62.0 Å². The van der Waals surface area contributed by atoms with Crippen molar-refractivity contribution in [3.8, 4) is 17.2 Å². The molecule has 0 aliphatic carbocycles. The van der Waals surface area contributed by atoms with Gasteiger partial charge >= 0.3 is 5.63 Å². The summed E-state index contributed by atoms with van der Waals surface area (Å²) in [6.07, 6.45) is 1.25. The molecule has 0 fully saturated rings. The maximum absolute atomic E-state index is 12.8. The maximum Gasteiger partial charge on any atom is 0.355 e. The van der Waals surface area contributed by atoms with Gasteiger partial charge < -0.3 is 18.6 Å². The van der Waals surface area contributed by atoms with E-state index >= 15 is 0 Å². The zero-order valence-corrected chi connectivity index (χ0v) is 19.0. The minimum absolute atomic E-state index is 0.0346. The zero-order chi connectivity index (χ0) is 23.5. The van der Waals surface area contributed by atoms with Gasteiger partial charge in [0, 0.05) is 17.5 Å². The molecule has 0 amide bonds. The van der Waals surface area contributed by atoms with Gasteiger partial charge in [0.1, 0.15) is 22.8 Å². The fraction of sp³-hybridized carbons (Fsp3) is 0.190. The van der Waals surface area contributed by atoms with Crippen molar-refractivity contribution in [2.45, 2.75) is 4.90 Å². The second-order valence-electron chi connectivity index (χ2n) is 6.61. The van der Waals surface area contributed by atoms with E-state index in [-0.39, 0.29) is 16.7 Å². The summed E-state index contributed by atoms with van der Waals surface area (Å²) in [5.41, 5.74) is -0.634. The SMILES string of the molecule is COc1ccc(/C=C\S(=O)(=O)CS(=O)(=O)c2cc3c(OC)cc(OC)cc3oc2=O)cc1. The van der Waals surface area contributed by atoms with E-state index in [2.05, 4.69) is 0 Å². The molecular formula is C21H20O9S2. The highest BCUT2D eigenvalue weighted by Crippen LogP contribution is 2.31. The number of hydrogen-bond acceptors (Lipinski definition) is 9. The Morgan fingerprint density at radius 1 is 0.875 bits per heavy atom. The van der Waals surface area contributed by atoms with Crippen molar-refractivity contribution in [3.63, 3.8) is 0 Å². The van der Waals surface area contributed by atoms with Crippen LogP contribution >= 0.6 is 0 Å². The Balaban J connectivity index is 1.96. The molecule has 0 radical (unpaired) electrons. The highest BCUT2D eigenvalue weighted by Gasteiger charge is 2.27. The van der Waals surface area contributed by atoms with E-state index in [1.807, 2.05) is 0 Å². The topological polar surface area (TPSA) is 126 Å². The molecule has 0 aliphatic rings. The van der Waals surface area contributed by atoms with E-state index in [4.69, 9.17) is 18.6 Å². The van der Waals surface area contributed by atoms with Crippen LogP contribution in [0.3, 0.4) is 0 Å². The molecule has 3 aromatic rings. The zero-order valence-electron chi connectivity index (χ0n) is 17.4. The lowest BCUT2D eigenvalue weighted by atomic mass is 10.2. The molecule has 0 saturated carbocycles. The molecule has 11 heteroatoms. The number of sulfone groups is 2. The molecule has 0 spiro atoms. The molecule has 3 rings (SSSR count). The van der Waals surface area contributed by atoms with Crippen molar-refractivity contribution in [2.75, 3.05) is 26.4 Å². The van der Waals surface area contributed by atoms with Crippen LogP contribution in [0.4, 0.5) is 0 Å². The van der Waals surface area contributed by atoms with Crippen LogP contribution < -0.4 is 19.8 Å². The van der Waals surface area contributed by atoms with E-state index in [0.717, 1.165) is 11.5 Å². The van der Waals surface area contributed by atoms with Crippen LogP contribution in [0.25, 0.3) is 17.0 Å². The minimum atomic E-state index is -4.55. The number of ether oxygens (including phenoxy) is 3. The number of hydrogen-bond donors (Lipinski definition) is 0. The summed E-state index contributed by atoms with van der Waals surface area (Å²) in [7, 11) is -4.53. The highest BCUT2D eigenvalue weighted by atomic mass is 32.3. The van der Waals surface area contributed by atoms with Gasteiger partial charge in [-0.05, 0) is 29.8 Å². The standard InChI is InChI=1S/C21H20O9S2/c1-27-15-6-4-14(5-7-15)8-9-31(23,24)13-32(25,26)20-12-17-18(29-3)10-16(28-2)11-19(17)30-21(20)22/h4-12H,13H2,1-3H3/b9-8-. The largest absolute Gasteiger partial charge is 0.497 e. The minimum Gasteiger partial charge on any atom is -0.497 e. The maximum atomic E-state index is 12.8. The van der Waals surface area contributed by atoms with Gasteiger partial charge in [-0.3, -0.25) is 0 Å². The van der Waals surface area contributed by atoms with Crippen molar-refractivity contribution < 1.29 is 35.5 Å². The lowest BCUT2D eigenvalue weighted by molar-refractivity contribution is 0.395. The predicted molar refractivity (Wildman–Crippen MR) is 119 cm³/mol. The van der Waals surface area contributed by atoms with Crippen LogP contribution in [-0.2, 0) is 19.7 Å². The summed E-state index contributed by atoms with van der Waals surface area (Å²) in [4.78, 5) is 11.6. The summed E-state index contributed by atoms with van der Waals surface area (Å²) < 4.78 is 70.8. The Morgan fingerprint density at radius 2 is 1.53 bits per heavy atom. The Kier molecular flexibility index (Phi) is 6.60. The molecule has 0 saturated heterocycles. The first-order valence-electron chi connectivity index (χ1n) is 9.06. The summed E-state index contributed by atoms with van der Waals surface area (Å²) in [5.74, 6) is 1.12. The molecule has 0 aliphatic heterocycles. The third-order valence-electron chi connectivity index (χ3n) is 4.45. The van der Waals surface area contributed by atoms with Gasteiger partial charge in [0.2, 0.25) is 0 Å². The quantitative estimate of drug-likeness (QED) is 0.447. The van der Waals surface area contributed by atoms with Gasteiger partial charge in [-0.15, -0.1) is 0 Å². The van der Waals surface area contributed by atoms with E-state index in [0.29, 0.717) is 17.1 Å². The number of rotatable bonds is 8. The first-order chi connectivity index (χ1) is 15.1. The number of benzene rings is 2. The van der Waals surface area contributed by atoms with Crippen molar-refractivity contribution in [1.29, 1.82) is 0 Å². The van der Waals surface area contributed by atoms with E-state index in [1.165, 1.54) is 39.5 Å². The van der Waals surface area contributed by atoms with Crippen molar-refractivity contribution >= 4 is 36.7 Å². The van der Waals surface area contributed by atoms with E-state index in [9.17, 15) is 21.6 Å². The van der Waals surface area contributed by atoms with Gasteiger partial charge in [-0.2, -0.15) is 0 Å². The van der Waals surface area contributed by atoms with Gasteiger partial charge in [0.05, 0.1) is 26.7 Å². The molecule has 0 atom stereocenters. The third kappa shape index (κ3) is 5.11. The second kappa shape index (κ2) is 9.05. The first-order valence-corrected chi connectivity index (χ1v) is 12.4. The second-order valence-corrected chi connectivity index (χ2v) is 10.8. The summed E-state index contributed by atoms with van der Waals surface area (Å²) in [6, 6.07) is 10.4. The van der Waals surface area contributed by atoms with Crippen LogP contribution in [0.2, 0.25) is 0 Å². The van der Waals surface area contributed by atoms with Crippen molar-refractivity contribution in [3.05, 3.63) is 63.9 Å². The molecule has 1 aromatic heterocycles. The number of fused-ring (bicyclic) bond motifs is 1. The molecule has 0 unspecified atom stereocenters. The summed E-state index contributed by atoms with van der Waals surface area (Å²) in [6.45, 7) is 0. The smallest absolute Gasteiger partial charge is 0.355 e. The lowest BCUT2D eigenvalue weighted by Crippen LogP contribution is -2.21.